The highest BCUT2D eigenvalue weighted by atomic mass is 16.5. The third-order valence-electron chi connectivity index (χ3n) is 13.7. The zero-order valence-electron chi connectivity index (χ0n) is 24.0. The fourth-order valence-corrected chi connectivity index (χ4v) is 12.0. The van der Waals surface area contributed by atoms with E-state index in [1.165, 1.54) is 64.2 Å². The van der Waals surface area contributed by atoms with Crippen LogP contribution in [0.5, 0.6) is 0 Å². The van der Waals surface area contributed by atoms with Gasteiger partial charge in [0, 0.05) is 12.3 Å². The molecule has 2 nitrogen and oxygen atoms in total. The lowest BCUT2D eigenvalue weighted by Crippen LogP contribution is -2.66. The first-order valence-electron chi connectivity index (χ1n) is 14.8. The van der Waals surface area contributed by atoms with E-state index in [2.05, 4.69) is 55.4 Å². The molecule has 9 atom stereocenters. The molecule has 5 saturated carbocycles. The predicted octanol–water partition coefficient (Wildman–Crippen LogP) is 8.82. The quantitative estimate of drug-likeness (QED) is 0.358. The summed E-state index contributed by atoms with van der Waals surface area (Å²) in [6.07, 6.45) is 15.1. The van der Waals surface area contributed by atoms with Gasteiger partial charge in [-0.15, -0.1) is 0 Å². The predicted molar refractivity (Wildman–Crippen MR) is 140 cm³/mol. The number of rotatable bonds is 1. The van der Waals surface area contributed by atoms with Crippen LogP contribution in [0.4, 0.5) is 0 Å². The number of hydrogen-bond donors (Lipinski definition) is 0. The molecule has 0 radical (unpaired) electrons. The summed E-state index contributed by atoms with van der Waals surface area (Å²) < 4.78 is 5.91. The van der Waals surface area contributed by atoms with Crippen molar-refractivity contribution in [2.75, 3.05) is 0 Å². The van der Waals surface area contributed by atoms with Crippen LogP contribution in [-0.2, 0) is 9.53 Å². The van der Waals surface area contributed by atoms with Gasteiger partial charge in [0.25, 0.3) is 0 Å². The maximum Gasteiger partial charge on any atom is 0.302 e. The Morgan fingerprint density at radius 3 is 1.74 bits per heavy atom. The Labute approximate surface area is 210 Å². The molecule has 194 valence electrons. The van der Waals surface area contributed by atoms with Crippen LogP contribution in [0.15, 0.2) is 0 Å². The standard InChI is InChI=1S/C32H54O2/c1-21(33)34-26-13-17-30(7)22(28(26,4)5)11-15-31(8)23-10-14-29(6)19-18-27(2,3)20-25(29)32(23,9)16-12-24(30)31/h22-26H,10-20H2,1-9H3/t22-,23-,24+,25+,26?,29-,30-,31-,32+/m0/s1. The van der Waals surface area contributed by atoms with Crippen LogP contribution < -0.4 is 0 Å². The molecule has 0 saturated heterocycles. The average molecular weight is 471 g/mol. The largest absolute Gasteiger partial charge is 0.462 e. The van der Waals surface area contributed by atoms with Gasteiger partial charge < -0.3 is 4.74 Å². The summed E-state index contributed by atoms with van der Waals surface area (Å²) in [5.41, 5.74) is 2.49. The number of ether oxygens (including phenoxy) is 1. The first-order valence-corrected chi connectivity index (χ1v) is 14.8. The highest BCUT2D eigenvalue weighted by molar-refractivity contribution is 5.66. The summed E-state index contributed by atoms with van der Waals surface area (Å²) in [4.78, 5) is 11.9. The minimum atomic E-state index is -0.101. The summed E-state index contributed by atoms with van der Waals surface area (Å²) >= 11 is 0. The van der Waals surface area contributed by atoms with Crippen molar-refractivity contribution in [3.8, 4) is 0 Å². The summed E-state index contributed by atoms with van der Waals surface area (Å²) in [7, 11) is 0. The molecule has 5 fully saturated rings. The van der Waals surface area contributed by atoms with Crippen LogP contribution in [0.1, 0.15) is 133 Å². The Morgan fingerprint density at radius 1 is 0.618 bits per heavy atom. The third-order valence-corrected chi connectivity index (χ3v) is 13.7. The minimum Gasteiger partial charge on any atom is -0.462 e. The third kappa shape index (κ3) is 3.34. The van der Waals surface area contributed by atoms with Crippen molar-refractivity contribution in [3.05, 3.63) is 0 Å². The number of carbonyl (C=O) groups is 1. The number of hydrogen-bond acceptors (Lipinski definition) is 2. The molecule has 0 aliphatic heterocycles. The molecule has 5 aliphatic carbocycles. The molecule has 34 heavy (non-hydrogen) atoms. The Balaban J connectivity index is 1.48. The van der Waals surface area contributed by atoms with Gasteiger partial charge in [-0.1, -0.05) is 55.4 Å². The Morgan fingerprint density at radius 2 is 1.12 bits per heavy atom. The SMILES string of the molecule is CC(=O)OC1CC[C@]2(C)[C@H]3CC[C@]4(C)[C@@H](CC[C@@]5(C)CCC(C)(C)C[C@H]54)[C@]3(C)CC[C@H]2C1(C)C. The lowest BCUT2D eigenvalue weighted by molar-refractivity contribution is -0.247. The molecule has 0 aromatic carbocycles. The van der Waals surface area contributed by atoms with Gasteiger partial charge in [0.2, 0.25) is 0 Å². The molecular formula is C32H54O2. The second-order valence-electron chi connectivity index (χ2n) is 16.3. The second kappa shape index (κ2) is 7.50. The number of esters is 1. The molecule has 5 aliphatic rings. The number of carbonyl (C=O) groups excluding carboxylic acids is 1. The number of fused-ring (bicyclic) bond motifs is 7. The van der Waals surface area contributed by atoms with Crippen molar-refractivity contribution in [2.45, 2.75) is 139 Å². The van der Waals surface area contributed by atoms with E-state index in [1.54, 1.807) is 6.92 Å². The molecule has 2 heteroatoms. The summed E-state index contributed by atoms with van der Waals surface area (Å²) in [5, 5.41) is 0. The smallest absolute Gasteiger partial charge is 0.302 e. The maximum absolute atomic E-state index is 11.9. The fraction of sp³-hybridized carbons (Fsp3) is 0.969. The van der Waals surface area contributed by atoms with E-state index < -0.39 is 0 Å². The van der Waals surface area contributed by atoms with E-state index in [-0.39, 0.29) is 17.5 Å². The van der Waals surface area contributed by atoms with E-state index in [9.17, 15) is 4.79 Å². The monoisotopic (exact) mass is 470 g/mol. The molecule has 0 heterocycles. The molecule has 0 bridgehead atoms. The van der Waals surface area contributed by atoms with Crippen molar-refractivity contribution >= 4 is 5.97 Å². The van der Waals surface area contributed by atoms with Gasteiger partial charge in [0.1, 0.15) is 6.10 Å². The topological polar surface area (TPSA) is 26.3 Å². The first kappa shape index (κ1) is 25.1. The Hall–Kier alpha value is -0.530. The summed E-state index contributed by atoms with van der Waals surface area (Å²) in [5.74, 6) is 3.13. The average Bonchev–Trinajstić information content (AvgIpc) is 2.70. The van der Waals surface area contributed by atoms with Gasteiger partial charge in [-0.3, -0.25) is 4.79 Å². The summed E-state index contributed by atoms with van der Waals surface area (Å²) in [6, 6.07) is 0. The normalized spacial score (nSPS) is 53.5. The van der Waals surface area contributed by atoms with Crippen molar-refractivity contribution in [3.63, 3.8) is 0 Å². The van der Waals surface area contributed by atoms with E-state index >= 15 is 0 Å². The van der Waals surface area contributed by atoms with E-state index in [0.717, 1.165) is 24.2 Å². The highest BCUT2D eigenvalue weighted by Crippen LogP contribution is 2.76. The van der Waals surface area contributed by atoms with Gasteiger partial charge in [-0.05, 0) is 121 Å². The van der Waals surface area contributed by atoms with Crippen LogP contribution in [0.25, 0.3) is 0 Å². The first-order chi connectivity index (χ1) is 15.6. The fourth-order valence-electron chi connectivity index (χ4n) is 12.0. The van der Waals surface area contributed by atoms with Crippen LogP contribution in [0.2, 0.25) is 0 Å². The maximum atomic E-state index is 11.9. The van der Waals surface area contributed by atoms with Crippen LogP contribution >= 0.6 is 0 Å². The zero-order valence-corrected chi connectivity index (χ0v) is 24.0. The van der Waals surface area contributed by atoms with Crippen LogP contribution in [-0.4, -0.2) is 12.1 Å². The van der Waals surface area contributed by atoms with Gasteiger partial charge in [0.15, 0.2) is 0 Å². The lowest BCUT2D eigenvalue weighted by atomic mass is 9.32. The lowest BCUT2D eigenvalue weighted by Gasteiger charge is -2.73. The van der Waals surface area contributed by atoms with Crippen molar-refractivity contribution < 1.29 is 9.53 Å². The van der Waals surface area contributed by atoms with Crippen molar-refractivity contribution in [1.29, 1.82) is 0 Å². The molecule has 0 aromatic heterocycles. The Kier molecular flexibility index (Phi) is 5.55. The zero-order chi connectivity index (χ0) is 24.9. The molecular weight excluding hydrogens is 416 g/mol. The highest BCUT2D eigenvalue weighted by Gasteiger charge is 2.69. The summed E-state index contributed by atoms with van der Waals surface area (Å²) in [6.45, 7) is 22.3. The second-order valence-corrected chi connectivity index (χ2v) is 16.3. The van der Waals surface area contributed by atoms with Crippen LogP contribution in [0.3, 0.4) is 0 Å². The molecule has 0 aromatic rings. The molecule has 1 unspecified atom stereocenters. The van der Waals surface area contributed by atoms with E-state index in [4.69, 9.17) is 4.74 Å². The van der Waals surface area contributed by atoms with Crippen molar-refractivity contribution in [1.82, 2.24) is 0 Å². The van der Waals surface area contributed by atoms with Gasteiger partial charge in [-0.25, -0.2) is 0 Å². The van der Waals surface area contributed by atoms with Crippen molar-refractivity contribution in [2.24, 2.45) is 56.2 Å². The molecule has 5 rings (SSSR count). The molecule has 0 amide bonds. The molecule has 0 N–H and O–H groups in total. The van der Waals surface area contributed by atoms with Gasteiger partial charge >= 0.3 is 5.97 Å². The minimum absolute atomic E-state index is 0.0687. The van der Waals surface area contributed by atoms with E-state index in [1.807, 2.05) is 0 Å². The van der Waals surface area contributed by atoms with E-state index in [0.29, 0.717) is 33.0 Å². The van der Waals surface area contributed by atoms with Crippen LogP contribution in [0, 0.1) is 56.2 Å². The molecule has 0 spiro atoms. The Bertz CT molecular complexity index is 842. The van der Waals surface area contributed by atoms with Gasteiger partial charge in [0.05, 0.1) is 0 Å². The van der Waals surface area contributed by atoms with Gasteiger partial charge in [-0.2, -0.15) is 0 Å².